The van der Waals surface area contributed by atoms with Crippen molar-refractivity contribution in [3.63, 3.8) is 0 Å². The Morgan fingerprint density at radius 3 is 2.55 bits per heavy atom. The summed E-state index contributed by atoms with van der Waals surface area (Å²) in [6.45, 7) is 0. The van der Waals surface area contributed by atoms with Gasteiger partial charge in [0.2, 0.25) is 0 Å². The van der Waals surface area contributed by atoms with Crippen molar-refractivity contribution >= 4 is 11.8 Å². The molecule has 0 N–H and O–H groups in total. The van der Waals surface area contributed by atoms with Crippen LogP contribution in [0.1, 0.15) is 36.0 Å². The number of benzene rings is 1. The highest BCUT2D eigenvalue weighted by Gasteiger charge is 2.26. The van der Waals surface area contributed by atoms with Gasteiger partial charge in [0.15, 0.2) is 23.4 Å². The molecule has 20 heavy (non-hydrogen) atoms. The minimum absolute atomic E-state index is 0.00470. The summed E-state index contributed by atoms with van der Waals surface area (Å²) in [5.74, 6) is 0.492. The van der Waals surface area contributed by atoms with Gasteiger partial charge in [-0.1, -0.05) is 0 Å². The third-order valence-corrected chi connectivity index (χ3v) is 3.37. The largest absolute Gasteiger partial charge is 0.493 e. The maximum Gasteiger partial charge on any atom is 0.338 e. The summed E-state index contributed by atoms with van der Waals surface area (Å²) in [4.78, 5) is 23.7. The predicted octanol–water partition coefficient (Wildman–Crippen LogP) is 2.37. The molecular formula is C15H18O5. The molecule has 0 saturated heterocycles. The monoisotopic (exact) mass is 278 g/mol. The van der Waals surface area contributed by atoms with E-state index in [-0.39, 0.29) is 5.78 Å². The Morgan fingerprint density at radius 1 is 1.15 bits per heavy atom. The van der Waals surface area contributed by atoms with Crippen LogP contribution >= 0.6 is 0 Å². The van der Waals surface area contributed by atoms with E-state index in [1.807, 2.05) is 0 Å². The van der Waals surface area contributed by atoms with Crippen LogP contribution in [0.3, 0.4) is 0 Å². The Kier molecular flexibility index (Phi) is 4.61. The van der Waals surface area contributed by atoms with Gasteiger partial charge >= 0.3 is 5.97 Å². The van der Waals surface area contributed by atoms with E-state index in [1.54, 1.807) is 18.2 Å². The molecule has 1 aromatic carbocycles. The molecule has 1 fully saturated rings. The van der Waals surface area contributed by atoms with Crippen molar-refractivity contribution in [1.82, 2.24) is 0 Å². The van der Waals surface area contributed by atoms with Gasteiger partial charge in [0.1, 0.15) is 0 Å². The maximum atomic E-state index is 12.1. The van der Waals surface area contributed by atoms with E-state index in [2.05, 4.69) is 0 Å². The van der Waals surface area contributed by atoms with E-state index in [4.69, 9.17) is 14.2 Å². The summed E-state index contributed by atoms with van der Waals surface area (Å²) in [5, 5.41) is 0. The summed E-state index contributed by atoms with van der Waals surface area (Å²) >= 11 is 0. The van der Waals surface area contributed by atoms with Gasteiger partial charge in [-0.25, -0.2) is 4.79 Å². The van der Waals surface area contributed by atoms with Crippen molar-refractivity contribution in [1.29, 1.82) is 0 Å². The normalized spacial score (nSPS) is 18.5. The number of hydrogen-bond acceptors (Lipinski definition) is 5. The number of ketones is 1. The van der Waals surface area contributed by atoms with Gasteiger partial charge in [-0.3, -0.25) is 4.79 Å². The minimum Gasteiger partial charge on any atom is -0.493 e. The molecule has 0 spiro atoms. The fourth-order valence-corrected chi connectivity index (χ4v) is 2.24. The van der Waals surface area contributed by atoms with Crippen LogP contribution in [-0.2, 0) is 9.53 Å². The van der Waals surface area contributed by atoms with Crippen molar-refractivity contribution in [3.8, 4) is 11.5 Å². The van der Waals surface area contributed by atoms with E-state index in [0.717, 1.165) is 12.8 Å². The summed E-state index contributed by atoms with van der Waals surface area (Å²) in [7, 11) is 3.02. The van der Waals surface area contributed by atoms with Crippen molar-refractivity contribution < 1.29 is 23.8 Å². The highest BCUT2D eigenvalue weighted by atomic mass is 16.5. The standard InChI is InChI=1S/C15H18O5/c1-18-13-8-7-10(9-14(13)19-2)15(17)20-12-6-4-3-5-11(12)16/h7-9,12H,3-6H2,1-2H3. The summed E-state index contributed by atoms with van der Waals surface area (Å²) in [6.07, 6.45) is 2.28. The van der Waals surface area contributed by atoms with Crippen LogP contribution in [0.5, 0.6) is 11.5 Å². The number of esters is 1. The van der Waals surface area contributed by atoms with Crippen LogP contribution in [0.2, 0.25) is 0 Å². The van der Waals surface area contributed by atoms with E-state index >= 15 is 0 Å². The van der Waals surface area contributed by atoms with Crippen molar-refractivity contribution in [3.05, 3.63) is 23.8 Å². The molecule has 0 radical (unpaired) electrons. The molecule has 0 aliphatic heterocycles. The van der Waals surface area contributed by atoms with Crippen LogP contribution in [0.15, 0.2) is 18.2 Å². The van der Waals surface area contributed by atoms with Crippen LogP contribution in [0, 0.1) is 0 Å². The van der Waals surface area contributed by atoms with Crippen molar-refractivity contribution in [2.75, 3.05) is 14.2 Å². The summed E-state index contributed by atoms with van der Waals surface area (Å²) in [6, 6.07) is 4.78. The minimum atomic E-state index is -0.607. The van der Waals surface area contributed by atoms with Gasteiger partial charge in [0.25, 0.3) is 0 Å². The first-order chi connectivity index (χ1) is 9.65. The molecule has 0 amide bonds. The van der Waals surface area contributed by atoms with Crippen LogP contribution in [0.4, 0.5) is 0 Å². The smallest absolute Gasteiger partial charge is 0.338 e. The second kappa shape index (κ2) is 6.41. The summed E-state index contributed by atoms with van der Waals surface area (Å²) in [5.41, 5.74) is 0.348. The van der Waals surface area contributed by atoms with Gasteiger partial charge in [-0.05, 0) is 37.5 Å². The highest BCUT2D eigenvalue weighted by molar-refractivity contribution is 5.93. The van der Waals surface area contributed by atoms with Gasteiger partial charge in [0.05, 0.1) is 19.8 Å². The zero-order valence-corrected chi connectivity index (χ0v) is 11.7. The molecular weight excluding hydrogens is 260 g/mol. The van der Waals surface area contributed by atoms with Crippen LogP contribution < -0.4 is 9.47 Å². The molecule has 1 atom stereocenters. The molecule has 1 aliphatic carbocycles. The van der Waals surface area contributed by atoms with Crippen molar-refractivity contribution in [2.45, 2.75) is 31.8 Å². The third-order valence-electron chi connectivity index (χ3n) is 3.37. The second-order valence-corrected chi connectivity index (χ2v) is 4.68. The lowest BCUT2D eigenvalue weighted by Crippen LogP contribution is -2.30. The molecule has 0 bridgehead atoms. The number of carbonyl (C=O) groups excluding carboxylic acids is 2. The Bertz CT molecular complexity index is 509. The van der Waals surface area contributed by atoms with Crippen molar-refractivity contribution in [2.24, 2.45) is 0 Å². The zero-order chi connectivity index (χ0) is 14.5. The first-order valence-corrected chi connectivity index (χ1v) is 6.61. The van der Waals surface area contributed by atoms with Crippen LogP contribution in [-0.4, -0.2) is 32.1 Å². The fourth-order valence-electron chi connectivity index (χ4n) is 2.24. The number of hydrogen-bond donors (Lipinski definition) is 0. The Balaban J connectivity index is 2.10. The molecule has 2 rings (SSSR count). The van der Waals surface area contributed by atoms with Gasteiger partial charge < -0.3 is 14.2 Å². The molecule has 5 heteroatoms. The molecule has 5 nitrogen and oxygen atoms in total. The molecule has 1 saturated carbocycles. The van der Waals surface area contributed by atoms with Gasteiger partial charge in [-0.2, -0.15) is 0 Å². The lowest BCUT2D eigenvalue weighted by Gasteiger charge is -2.20. The number of carbonyl (C=O) groups is 2. The molecule has 1 unspecified atom stereocenters. The topological polar surface area (TPSA) is 61.8 Å². The van der Waals surface area contributed by atoms with E-state index in [1.165, 1.54) is 14.2 Å². The maximum absolute atomic E-state index is 12.1. The fraction of sp³-hybridized carbons (Fsp3) is 0.467. The zero-order valence-electron chi connectivity index (χ0n) is 11.7. The Hall–Kier alpha value is -2.04. The van der Waals surface area contributed by atoms with E-state index in [0.29, 0.717) is 29.9 Å². The molecule has 1 aromatic rings. The molecule has 0 aromatic heterocycles. The lowest BCUT2D eigenvalue weighted by atomic mass is 9.96. The van der Waals surface area contributed by atoms with Gasteiger partial charge in [0, 0.05) is 6.42 Å². The van der Waals surface area contributed by atoms with Crippen LogP contribution in [0.25, 0.3) is 0 Å². The first kappa shape index (κ1) is 14.4. The molecule has 108 valence electrons. The first-order valence-electron chi connectivity index (χ1n) is 6.61. The van der Waals surface area contributed by atoms with Gasteiger partial charge in [-0.15, -0.1) is 0 Å². The number of Topliss-reactive ketones (excluding diaryl/α,β-unsaturated/α-hetero) is 1. The predicted molar refractivity (Wildman–Crippen MR) is 72.2 cm³/mol. The average Bonchev–Trinajstić information content (AvgIpc) is 2.48. The lowest BCUT2D eigenvalue weighted by molar-refractivity contribution is -0.129. The highest BCUT2D eigenvalue weighted by Crippen LogP contribution is 2.28. The third kappa shape index (κ3) is 3.10. The SMILES string of the molecule is COc1ccc(C(=O)OC2CCCCC2=O)cc1OC. The number of ether oxygens (including phenoxy) is 3. The average molecular weight is 278 g/mol. The summed E-state index contributed by atoms with van der Waals surface area (Å²) < 4.78 is 15.5. The molecule has 0 heterocycles. The second-order valence-electron chi connectivity index (χ2n) is 4.68. The quantitative estimate of drug-likeness (QED) is 0.791. The van der Waals surface area contributed by atoms with E-state index < -0.39 is 12.1 Å². The Morgan fingerprint density at radius 2 is 1.90 bits per heavy atom. The number of methoxy groups -OCH3 is 2. The number of rotatable bonds is 4. The van der Waals surface area contributed by atoms with E-state index in [9.17, 15) is 9.59 Å². The molecule has 1 aliphatic rings. The Labute approximate surface area is 117 Å².